The van der Waals surface area contributed by atoms with Gasteiger partial charge in [-0.15, -0.1) is 0 Å². The van der Waals surface area contributed by atoms with Crippen molar-refractivity contribution in [2.24, 2.45) is 0 Å². The number of aliphatic hydroxyl groups is 1. The highest BCUT2D eigenvalue weighted by Crippen LogP contribution is 2.44. The highest BCUT2D eigenvalue weighted by atomic mass is 35.5. The van der Waals surface area contributed by atoms with Gasteiger partial charge in [0.15, 0.2) is 6.10 Å². The van der Waals surface area contributed by atoms with E-state index in [1.807, 2.05) is 6.92 Å². The van der Waals surface area contributed by atoms with E-state index < -0.39 is 48.1 Å². The summed E-state index contributed by atoms with van der Waals surface area (Å²) in [6, 6.07) is 8.84. The van der Waals surface area contributed by atoms with Gasteiger partial charge in [-0.25, -0.2) is 0 Å². The summed E-state index contributed by atoms with van der Waals surface area (Å²) in [5.41, 5.74) is -1.51. The molecule has 3 rings (SSSR count). The van der Waals surface area contributed by atoms with Crippen LogP contribution in [0.5, 0.6) is 5.75 Å². The third kappa shape index (κ3) is 7.30. The number of aliphatic hydroxyl groups excluding tert-OH is 1. The van der Waals surface area contributed by atoms with Gasteiger partial charge in [-0.2, -0.15) is 35.1 Å². The molecule has 3 nitrogen and oxygen atoms in total. The molecule has 3 unspecified atom stereocenters. The van der Waals surface area contributed by atoms with Gasteiger partial charge in [-0.3, -0.25) is 0 Å². The van der Waals surface area contributed by atoms with Crippen LogP contribution in [0.15, 0.2) is 42.5 Å². The van der Waals surface area contributed by atoms with E-state index >= 15 is 0 Å². The molecule has 0 amide bonds. The van der Waals surface area contributed by atoms with Crippen LogP contribution in [0.3, 0.4) is 0 Å². The van der Waals surface area contributed by atoms with Gasteiger partial charge in [0.05, 0.1) is 0 Å². The minimum absolute atomic E-state index is 0.0841. The molecule has 0 aliphatic heterocycles. The lowest BCUT2D eigenvalue weighted by atomic mass is 9.75. The standard InChI is InChI=1S/C26H28ClF8NO2/c1-2-17-12-19(8-9-21(17)27)38-20-7-4-10-23(14-20,36-15-22(37)25(30,31)32)13-16-5-3-6-18(11-16)24(28,29)26(33,34)35/h3,5-6,8-9,11-12,20,22,36-37H,2,4,7,10,13-15H2,1H3. The maximum Gasteiger partial charge on any atom is 0.458 e. The fraction of sp³-hybridized carbons (Fsp3) is 0.538. The highest BCUT2D eigenvalue weighted by molar-refractivity contribution is 6.31. The van der Waals surface area contributed by atoms with Crippen molar-refractivity contribution in [3.63, 3.8) is 0 Å². The Bertz CT molecular complexity index is 1090. The summed E-state index contributed by atoms with van der Waals surface area (Å²) >= 11 is 6.15. The van der Waals surface area contributed by atoms with Crippen molar-refractivity contribution in [1.29, 1.82) is 0 Å². The van der Waals surface area contributed by atoms with Crippen molar-refractivity contribution >= 4 is 11.6 Å². The van der Waals surface area contributed by atoms with E-state index in [9.17, 15) is 40.2 Å². The summed E-state index contributed by atoms with van der Waals surface area (Å²) in [7, 11) is 0. The minimum Gasteiger partial charge on any atom is -0.490 e. The van der Waals surface area contributed by atoms with Crippen LogP contribution in [0, 0.1) is 0 Å². The first-order chi connectivity index (χ1) is 17.6. The minimum atomic E-state index is -5.81. The van der Waals surface area contributed by atoms with Crippen LogP contribution in [0.1, 0.15) is 49.3 Å². The molecule has 2 N–H and O–H groups in total. The fourth-order valence-corrected chi connectivity index (χ4v) is 4.99. The Morgan fingerprint density at radius 2 is 1.79 bits per heavy atom. The van der Waals surface area contributed by atoms with E-state index in [2.05, 4.69) is 5.32 Å². The van der Waals surface area contributed by atoms with Gasteiger partial charge in [0.2, 0.25) is 0 Å². The lowest BCUT2D eigenvalue weighted by molar-refractivity contribution is -0.289. The van der Waals surface area contributed by atoms with Gasteiger partial charge in [0.25, 0.3) is 0 Å². The first-order valence-electron chi connectivity index (χ1n) is 12.1. The normalized spacial score (nSPS) is 21.8. The second-order valence-corrected chi connectivity index (χ2v) is 10.0. The Morgan fingerprint density at radius 3 is 2.42 bits per heavy atom. The fourth-order valence-electron chi connectivity index (χ4n) is 4.74. The first kappa shape index (κ1) is 30.4. The molecule has 2 aromatic rings. The quantitative estimate of drug-likeness (QED) is 0.308. The van der Waals surface area contributed by atoms with Crippen LogP contribution in [0.4, 0.5) is 35.1 Å². The molecule has 1 saturated carbocycles. The second kappa shape index (κ2) is 11.6. The van der Waals surface area contributed by atoms with Crippen LogP contribution < -0.4 is 10.1 Å². The van der Waals surface area contributed by atoms with E-state index in [4.69, 9.17) is 16.3 Å². The number of halogens is 9. The van der Waals surface area contributed by atoms with E-state index in [1.54, 1.807) is 18.2 Å². The number of ether oxygens (including phenoxy) is 1. The van der Waals surface area contributed by atoms with Crippen molar-refractivity contribution in [3.05, 3.63) is 64.2 Å². The molecule has 0 bridgehead atoms. The Hall–Kier alpha value is -2.11. The lowest BCUT2D eigenvalue weighted by Crippen LogP contribution is -2.56. The van der Waals surface area contributed by atoms with Gasteiger partial charge in [0, 0.05) is 29.1 Å². The largest absolute Gasteiger partial charge is 0.490 e. The maximum atomic E-state index is 14.0. The average molecular weight is 574 g/mol. The molecule has 1 fully saturated rings. The zero-order chi connectivity index (χ0) is 28.4. The molecule has 0 saturated heterocycles. The van der Waals surface area contributed by atoms with Crippen LogP contribution in [-0.2, 0) is 18.8 Å². The molecule has 0 radical (unpaired) electrons. The number of rotatable bonds is 9. The SMILES string of the molecule is CCc1cc(OC2CCCC(Cc3cccc(C(F)(F)C(F)(F)F)c3)(NCC(O)C(F)(F)F)C2)ccc1Cl. The van der Waals surface area contributed by atoms with E-state index in [1.165, 1.54) is 6.07 Å². The summed E-state index contributed by atoms with van der Waals surface area (Å²) < 4.78 is 112. The molecule has 1 aliphatic rings. The molecule has 0 heterocycles. The summed E-state index contributed by atoms with van der Waals surface area (Å²) in [6.45, 7) is 1.03. The van der Waals surface area contributed by atoms with Crippen molar-refractivity contribution in [1.82, 2.24) is 5.32 Å². The van der Waals surface area contributed by atoms with Crippen LogP contribution in [-0.4, -0.2) is 41.8 Å². The first-order valence-corrected chi connectivity index (χ1v) is 12.4. The Balaban J connectivity index is 1.89. The summed E-state index contributed by atoms with van der Waals surface area (Å²) in [5, 5.41) is 12.9. The molecular formula is C26H28ClF8NO2. The zero-order valence-corrected chi connectivity index (χ0v) is 21.2. The molecule has 0 aromatic heterocycles. The average Bonchev–Trinajstić information content (AvgIpc) is 2.83. The molecule has 3 atom stereocenters. The molecule has 1 aliphatic carbocycles. The highest BCUT2D eigenvalue weighted by Gasteiger charge is 2.58. The number of nitrogens with one attached hydrogen (secondary N) is 1. The van der Waals surface area contributed by atoms with Gasteiger partial charge in [-0.05, 0) is 67.5 Å². The van der Waals surface area contributed by atoms with E-state index in [0.29, 0.717) is 42.2 Å². The summed E-state index contributed by atoms with van der Waals surface area (Å²) in [4.78, 5) is 0. The number of hydrogen-bond acceptors (Lipinski definition) is 3. The molecular weight excluding hydrogens is 546 g/mol. The molecule has 2 aromatic carbocycles. The third-order valence-corrected chi connectivity index (χ3v) is 7.11. The number of hydrogen-bond donors (Lipinski definition) is 2. The smallest absolute Gasteiger partial charge is 0.458 e. The van der Waals surface area contributed by atoms with Crippen molar-refractivity contribution in [2.45, 2.75) is 81.5 Å². The summed E-state index contributed by atoms with van der Waals surface area (Å²) in [6.07, 6.45) is -12.0. The number of aryl methyl sites for hydroxylation is 1. The Labute approximate surface area is 220 Å². The van der Waals surface area contributed by atoms with Gasteiger partial charge in [-0.1, -0.05) is 36.7 Å². The van der Waals surface area contributed by atoms with Crippen molar-refractivity contribution in [3.8, 4) is 5.75 Å². The third-order valence-electron chi connectivity index (χ3n) is 6.74. The van der Waals surface area contributed by atoms with Crippen molar-refractivity contribution in [2.75, 3.05) is 6.54 Å². The van der Waals surface area contributed by atoms with E-state index in [0.717, 1.165) is 11.6 Å². The van der Waals surface area contributed by atoms with Crippen LogP contribution in [0.2, 0.25) is 5.02 Å². The maximum absolute atomic E-state index is 14.0. The van der Waals surface area contributed by atoms with Gasteiger partial charge < -0.3 is 15.2 Å². The number of β-amino-alcohol motifs (C(OH)–C–C–N with tert-alkyl or cyclic N) is 1. The molecule has 212 valence electrons. The Kier molecular flexibility index (Phi) is 9.25. The molecule has 38 heavy (non-hydrogen) atoms. The van der Waals surface area contributed by atoms with Gasteiger partial charge >= 0.3 is 18.3 Å². The number of alkyl halides is 8. The van der Waals surface area contributed by atoms with Crippen LogP contribution >= 0.6 is 11.6 Å². The predicted octanol–water partition coefficient (Wildman–Crippen LogP) is 7.37. The summed E-state index contributed by atoms with van der Waals surface area (Å²) in [5.74, 6) is -4.60. The lowest BCUT2D eigenvalue weighted by Gasteiger charge is -2.42. The zero-order valence-electron chi connectivity index (χ0n) is 20.4. The molecule has 0 spiro atoms. The Morgan fingerprint density at radius 1 is 1.08 bits per heavy atom. The van der Waals surface area contributed by atoms with E-state index in [-0.39, 0.29) is 24.8 Å². The van der Waals surface area contributed by atoms with Gasteiger partial charge in [0.1, 0.15) is 11.9 Å². The predicted molar refractivity (Wildman–Crippen MR) is 127 cm³/mol. The number of benzene rings is 2. The van der Waals surface area contributed by atoms with Crippen molar-refractivity contribution < 1.29 is 45.0 Å². The molecule has 12 heteroatoms. The second-order valence-electron chi connectivity index (χ2n) is 9.61. The van der Waals surface area contributed by atoms with Crippen LogP contribution in [0.25, 0.3) is 0 Å². The topological polar surface area (TPSA) is 41.5 Å². The monoisotopic (exact) mass is 573 g/mol.